The van der Waals surface area contributed by atoms with Crippen molar-refractivity contribution in [2.45, 2.75) is 6.92 Å². The minimum atomic E-state index is -0.204. The minimum Gasteiger partial charge on any atom is -0.300 e. The third-order valence-electron chi connectivity index (χ3n) is 2.40. The number of hydrogen-bond donors (Lipinski definition) is 1. The van der Waals surface area contributed by atoms with E-state index in [9.17, 15) is 4.79 Å². The van der Waals surface area contributed by atoms with Gasteiger partial charge in [-0.1, -0.05) is 22.7 Å². The summed E-state index contributed by atoms with van der Waals surface area (Å²) in [4.78, 5) is 17.1. The van der Waals surface area contributed by atoms with Crippen LogP contribution in [0.25, 0.3) is 5.13 Å². The zero-order chi connectivity index (χ0) is 13.2. The highest BCUT2D eigenvalue weighted by Gasteiger charge is 2.16. The first-order valence-electron chi connectivity index (χ1n) is 5.42. The lowest BCUT2D eigenvalue weighted by atomic mass is 10.4. The molecule has 0 saturated carbocycles. The SMILES string of the molecule is Cc1nc(-n2cccc2)sc1C(=O)Nc1nncs1. The van der Waals surface area contributed by atoms with Crippen molar-refractivity contribution in [3.05, 3.63) is 40.6 Å². The molecular formula is C11H9N5OS2. The third-order valence-corrected chi connectivity index (χ3v) is 4.17. The molecule has 96 valence electrons. The van der Waals surface area contributed by atoms with Crippen LogP contribution in [0.3, 0.4) is 0 Å². The van der Waals surface area contributed by atoms with Crippen LogP contribution in [-0.4, -0.2) is 25.7 Å². The molecule has 0 aliphatic rings. The summed E-state index contributed by atoms with van der Waals surface area (Å²) in [6.07, 6.45) is 3.79. The first-order chi connectivity index (χ1) is 9.24. The summed E-state index contributed by atoms with van der Waals surface area (Å²) >= 11 is 2.62. The lowest BCUT2D eigenvalue weighted by Gasteiger charge is -1.97. The van der Waals surface area contributed by atoms with Crippen LogP contribution < -0.4 is 5.32 Å². The van der Waals surface area contributed by atoms with Gasteiger partial charge in [0.25, 0.3) is 5.91 Å². The smallest absolute Gasteiger partial charge is 0.269 e. The molecular weight excluding hydrogens is 282 g/mol. The van der Waals surface area contributed by atoms with Gasteiger partial charge in [-0.05, 0) is 19.1 Å². The zero-order valence-electron chi connectivity index (χ0n) is 9.90. The molecule has 1 N–H and O–H groups in total. The Bertz CT molecular complexity index is 687. The highest BCUT2D eigenvalue weighted by Crippen LogP contribution is 2.23. The molecule has 8 heteroatoms. The fraction of sp³-hybridized carbons (Fsp3) is 0.0909. The molecule has 0 bridgehead atoms. The van der Waals surface area contributed by atoms with Crippen molar-refractivity contribution in [2.24, 2.45) is 0 Å². The Morgan fingerprint density at radius 3 is 2.84 bits per heavy atom. The lowest BCUT2D eigenvalue weighted by Crippen LogP contribution is -2.11. The molecule has 19 heavy (non-hydrogen) atoms. The largest absolute Gasteiger partial charge is 0.300 e. The van der Waals surface area contributed by atoms with Crippen molar-refractivity contribution >= 4 is 33.7 Å². The van der Waals surface area contributed by atoms with Gasteiger partial charge in [0.1, 0.15) is 10.4 Å². The number of hydrogen-bond acceptors (Lipinski definition) is 6. The number of aryl methyl sites for hydroxylation is 1. The molecule has 0 spiro atoms. The molecule has 3 rings (SSSR count). The molecule has 0 aromatic carbocycles. The van der Waals surface area contributed by atoms with Crippen molar-refractivity contribution in [2.75, 3.05) is 5.32 Å². The van der Waals surface area contributed by atoms with Crippen LogP contribution in [-0.2, 0) is 0 Å². The van der Waals surface area contributed by atoms with Crippen LogP contribution >= 0.6 is 22.7 Å². The number of carbonyl (C=O) groups excluding carboxylic acids is 1. The van der Waals surface area contributed by atoms with Gasteiger partial charge in [-0.3, -0.25) is 10.1 Å². The Hall–Kier alpha value is -2.06. The van der Waals surface area contributed by atoms with Gasteiger partial charge in [-0.15, -0.1) is 10.2 Å². The zero-order valence-corrected chi connectivity index (χ0v) is 11.5. The maximum Gasteiger partial charge on any atom is 0.269 e. The Kier molecular flexibility index (Phi) is 3.10. The molecule has 0 atom stereocenters. The van der Waals surface area contributed by atoms with Crippen LogP contribution in [0.5, 0.6) is 0 Å². The second kappa shape index (κ2) is 4.90. The normalized spacial score (nSPS) is 10.6. The highest BCUT2D eigenvalue weighted by atomic mass is 32.1. The monoisotopic (exact) mass is 291 g/mol. The molecule has 0 saturated heterocycles. The second-order valence-electron chi connectivity index (χ2n) is 3.70. The molecule has 6 nitrogen and oxygen atoms in total. The van der Waals surface area contributed by atoms with Crippen LogP contribution in [0.1, 0.15) is 15.4 Å². The van der Waals surface area contributed by atoms with Gasteiger partial charge in [0.2, 0.25) is 5.13 Å². The van der Waals surface area contributed by atoms with Crippen molar-refractivity contribution in [3.8, 4) is 5.13 Å². The second-order valence-corrected chi connectivity index (χ2v) is 5.51. The van der Waals surface area contributed by atoms with Gasteiger partial charge < -0.3 is 4.57 Å². The number of rotatable bonds is 3. The highest BCUT2D eigenvalue weighted by molar-refractivity contribution is 7.16. The Morgan fingerprint density at radius 2 is 2.16 bits per heavy atom. The minimum absolute atomic E-state index is 0.204. The number of thiazole rings is 1. The first kappa shape index (κ1) is 12.0. The van der Waals surface area contributed by atoms with E-state index < -0.39 is 0 Å². The summed E-state index contributed by atoms with van der Waals surface area (Å²) in [5.41, 5.74) is 2.27. The van der Waals surface area contributed by atoms with E-state index in [1.165, 1.54) is 22.7 Å². The summed E-state index contributed by atoms with van der Waals surface area (Å²) in [5, 5.41) is 11.4. The summed E-state index contributed by atoms with van der Waals surface area (Å²) in [5.74, 6) is -0.204. The Labute approximate surface area is 116 Å². The van der Waals surface area contributed by atoms with Gasteiger partial charge in [-0.2, -0.15) is 0 Å². The maximum atomic E-state index is 12.1. The number of anilines is 1. The molecule has 0 unspecified atom stereocenters. The quantitative estimate of drug-likeness (QED) is 0.804. The first-order valence-corrected chi connectivity index (χ1v) is 7.12. The summed E-state index contributed by atoms with van der Waals surface area (Å²) in [7, 11) is 0. The van der Waals surface area contributed by atoms with Gasteiger partial charge in [0, 0.05) is 12.4 Å². The van der Waals surface area contributed by atoms with E-state index in [0.29, 0.717) is 15.7 Å². The van der Waals surface area contributed by atoms with E-state index >= 15 is 0 Å². The number of nitrogens with one attached hydrogen (secondary N) is 1. The van der Waals surface area contributed by atoms with E-state index in [-0.39, 0.29) is 5.91 Å². The molecule has 0 aliphatic heterocycles. The fourth-order valence-electron chi connectivity index (χ4n) is 1.55. The Morgan fingerprint density at radius 1 is 1.37 bits per heavy atom. The topological polar surface area (TPSA) is 72.7 Å². The standard InChI is InChI=1S/C11H9N5OS2/c1-7-8(9(17)14-10-15-12-6-18-10)19-11(13-7)16-4-2-3-5-16/h2-6H,1H3,(H,14,15,17). The van der Waals surface area contributed by atoms with E-state index in [1.807, 2.05) is 36.0 Å². The van der Waals surface area contributed by atoms with Crippen LogP contribution in [0.2, 0.25) is 0 Å². The fourth-order valence-corrected chi connectivity index (χ4v) is 2.92. The average molecular weight is 291 g/mol. The van der Waals surface area contributed by atoms with Crippen LogP contribution in [0.15, 0.2) is 30.0 Å². The summed E-state index contributed by atoms with van der Waals surface area (Å²) < 4.78 is 1.87. The van der Waals surface area contributed by atoms with E-state index in [2.05, 4.69) is 20.5 Å². The van der Waals surface area contributed by atoms with Crippen molar-refractivity contribution in [1.82, 2.24) is 19.7 Å². The molecule has 3 heterocycles. The predicted molar refractivity (Wildman–Crippen MR) is 74.0 cm³/mol. The van der Waals surface area contributed by atoms with Crippen LogP contribution in [0.4, 0.5) is 5.13 Å². The molecule has 0 fully saturated rings. The molecule has 0 radical (unpaired) electrons. The van der Waals surface area contributed by atoms with Crippen molar-refractivity contribution < 1.29 is 4.79 Å². The van der Waals surface area contributed by atoms with Gasteiger partial charge in [0.15, 0.2) is 5.13 Å². The number of aromatic nitrogens is 4. The maximum absolute atomic E-state index is 12.1. The average Bonchev–Trinajstić information content (AvgIpc) is 3.07. The number of nitrogens with zero attached hydrogens (tertiary/aromatic N) is 4. The van der Waals surface area contributed by atoms with Gasteiger partial charge in [0.05, 0.1) is 5.69 Å². The summed E-state index contributed by atoms with van der Waals surface area (Å²) in [6, 6.07) is 3.83. The van der Waals surface area contributed by atoms with Crippen molar-refractivity contribution in [3.63, 3.8) is 0 Å². The Balaban J connectivity index is 1.87. The van der Waals surface area contributed by atoms with Gasteiger partial charge in [-0.25, -0.2) is 4.98 Å². The van der Waals surface area contributed by atoms with E-state index in [0.717, 1.165) is 5.13 Å². The van der Waals surface area contributed by atoms with Gasteiger partial charge >= 0.3 is 0 Å². The number of carbonyl (C=O) groups is 1. The third kappa shape index (κ3) is 2.40. The molecule has 0 aliphatic carbocycles. The van der Waals surface area contributed by atoms with E-state index in [4.69, 9.17) is 0 Å². The molecule has 3 aromatic heterocycles. The lowest BCUT2D eigenvalue weighted by molar-refractivity contribution is 0.102. The molecule has 3 aromatic rings. The van der Waals surface area contributed by atoms with Crippen molar-refractivity contribution in [1.29, 1.82) is 0 Å². The van der Waals surface area contributed by atoms with E-state index in [1.54, 1.807) is 5.51 Å². The van der Waals surface area contributed by atoms with Crippen LogP contribution in [0, 0.1) is 6.92 Å². The summed E-state index contributed by atoms with van der Waals surface area (Å²) in [6.45, 7) is 1.82. The number of amides is 1. The molecule has 1 amide bonds. The predicted octanol–water partition coefficient (Wildman–Crippen LogP) is 2.35.